The van der Waals surface area contributed by atoms with Gasteiger partial charge in [0.15, 0.2) is 0 Å². The number of nitrogens with one attached hydrogen (secondary N) is 2. The van der Waals surface area contributed by atoms with E-state index < -0.39 is 0 Å². The second-order valence-corrected chi connectivity index (χ2v) is 5.24. The van der Waals surface area contributed by atoms with Gasteiger partial charge in [-0.15, -0.1) is 0 Å². The Hall–Kier alpha value is -1.85. The first-order valence-corrected chi connectivity index (χ1v) is 7.25. The highest BCUT2D eigenvalue weighted by Crippen LogP contribution is 2.23. The fourth-order valence-electron chi connectivity index (χ4n) is 2.00. The molecule has 1 aliphatic rings. The lowest BCUT2D eigenvalue weighted by Gasteiger charge is -2.15. The SMILES string of the molecule is CCC(CC)NC(=O)Cn1ncc(NC2CC2)cc1=O. The van der Waals surface area contributed by atoms with Crippen molar-refractivity contribution in [3.63, 3.8) is 0 Å². The maximum absolute atomic E-state index is 11.9. The van der Waals surface area contributed by atoms with Crippen molar-refractivity contribution in [1.29, 1.82) is 0 Å². The summed E-state index contributed by atoms with van der Waals surface area (Å²) < 4.78 is 1.19. The van der Waals surface area contributed by atoms with E-state index in [2.05, 4.69) is 15.7 Å². The average Bonchev–Trinajstić information content (AvgIpc) is 3.23. The molecule has 0 unspecified atom stereocenters. The number of hydrogen-bond donors (Lipinski definition) is 2. The second-order valence-electron chi connectivity index (χ2n) is 5.24. The van der Waals surface area contributed by atoms with Crippen LogP contribution in [0.2, 0.25) is 0 Å². The zero-order valence-electron chi connectivity index (χ0n) is 12.1. The first-order chi connectivity index (χ1) is 9.62. The molecule has 0 saturated heterocycles. The minimum atomic E-state index is -0.254. The predicted molar refractivity (Wildman–Crippen MR) is 77.7 cm³/mol. The fraction of sp³-hybridized carbons (Fsp3) is 0.643. The summed E-state index contributed by atoms with van der Waals surface area (Å²) in [5.41, 5.74) is 0.476. The van der Waals surface area contributed by atoms with Gasteiger partial charge >= 0.3 is 0 Å². The summed E-state index contributed by atoms with van der Waals surface area (Å²) >= 11 is 0. The van der Waals surface area contributed by atoms with E-state index in [0.29, 0.717) is 6.04 Å². The third-order valence-electron chi connectivity index (χ3n) is 3.46. The van der Waals surface area contributed by atoms with Gasteiger partial charge in [0.1, 0.15) is 6.54 Å². The molecule has 6 nitrogen and oxygen atoms in total. The molecular formula is C14H22N4O2. The van der Waals surface area contributed by atoms with Gasteiger partial charge < -0.3 is 10.6 Å². The smallest absolute Gasteiger partial charge is 0.269 e. The third kappa shape index (κ3) is 4.08. The van der Waals surface area contributed by atoms with Gasteiger partial charge in [-0.3, -0.25) is 9.59 Å². The van der Waals surface area contributed by atoms with Crippen molar-refractivity contribution in [2.24, 2.45) is 0 Å². The number of aromatic nitrogens is 2. The van der Waals surface area contributed by atoms with Crippen molar-refractivity contribution in [3.8, 4) is 0 Å². The van der Waals surface area contributed by atoms with E-state index in [4.69, 9.17) is 0 Å². The normalized spacial score (nSPS) is 14.3. The number of carbonyl (C=O) groups excluding carboxylic acids is 1. The summed E-state index contributed by atoms with van der Waals surface area (Å²) in [4.78, 5) is 23.7. The van der Waals surface area contributed by atoms with Crippen LogP contribution in [0.1, 0.15) is 39.5 Å². The summed E-state index contributed by atoms with van der Waals surface area (Å²) in [7, 11) is 0. The second kappa shape index (κ2) is 6.54. The maximum Gasteiger partial charge on any atom is 0.269 e. The predicted octanol–water partition coefficient (Wildman–Crippen LogP) is 1.12. The topological polar surface area (TPSA) is 76.0 Å². The van der Waals surface area contributed by atoms with Crippen LogP contribution in [0, 0.1) is 0 Å². The molecule has 1 aromatic heterocycles. The van der Waals surface area contributed by atoms with Crippen LogP contribution in [0.5, 0.6) is 0 Å². The number of rotatable bonds is 7. The molecule has 2 N–H and O–H groups in total. The molecule has 0 atom stereocenters. The highest BCUT2D eigenvalue weighted by atomic mass is 16.2. The van der Waals surface area contributed by atoms with Crippen LogP contribution in [0.25, 0.3) is 0 Å². The van der Waals surface area contributed by atoms with Crippen LogP contribution >= 0.6 is 0 Å². The molecule has 0 aromatic carbocycles. The largest absolute Gasteiger partial charge is 0.381 e. The van der Waals surface area contributed by atoms with Gasteiger partial charge in [-0.05, 0) is 25.7 Å². The number of nitrogens with zero attached hydrogens (tertiary/aromatic N) is 2. The Morgan fingerprint density at radius 2 is 2.15 bits per heavy atom. The summed E-state index contributed by atoms with van der Waals surface area (Å²) in [5.74, 6) is -0.170. The number of hydrogen-bond acceptors (Lipinski definition) is 4. The molecule has 6 heteroatoms. The van der Waals surface area contributed by atoms with Crippen molar-refractivity contribution < 1.29 is 4.79 Å². The molecule has 0 spiro atoms. The molecule has 1 amide bonds. The lowest BCUT2D eigenvalue weighted by molar-refractivity contribution is -0.122. The monoisotopic (exact) mass is 278 g/mol. The van der Waals surface area contributed by atoms with Gasteiger partial charge in [-0.2, -0.15) is 5.10 Å². The Balaban J connectivity index is 1.94. The van der Waals surface area contributed by atoms with Crippen LogP contribution in [-0.2, 0) is 11.3 Å². The summed E-state index contributed by atoms with van der Waals surface area (Å²) in [6.07, 6.45) is 5.65. The summed E-state index contributed by atoms with van der Waals surface area (Å²) in [6.45, 7) is 4.02. The molecular weight excluding hydrogens is 256 g/mol. The van der Waals surface area contributed by atoms with Crippen LogP contribution in [-0.4, -0.2) is 27.8 Å². The molecule has 20 heavy (non-hydrogen) atoms. The van der Waals surface area contributed by atoms with E-state index in [-0.39, 0.29) is 24.1 Å². The van der Waals surface area contributed by atoms with Gasteiger partial charge in [-0.25, -0.2) is 4.68 Å². The minimum Gasteiger partial charge on any atom is -0.381 e. The Kier molecular flexibility index (Phi) is 4.76. The van der Waals surface area contributed by atoms with Crippen LogP contribution < -0.4 is 16.2 Å². The Morgan fingerprint density at radius 3 is 2.70 bits per heavy atom. The quantitative estimate of drug-likeness (QED) is 0.783. The number of amides is 1. The van der Waals surface area contributed by atoms with Crippen LogP contribution in [0.4, 0.5) is 5.69 Å². The molecule has 1 aliphatic carbocycles. The Morgan fingerprint density at radius 1 is 1.45 bits per heavy atom. The van der Waals surface area contributed by atoms with E-state index in [1.165, 1.54) is 10.7 Å². The van der Waals surface area contributed by atoms with Gasteiger partial charge in [0.25, 0.3) is 5.56 Å². The molecule has 2 rings (SSSR count). The third-order valence-corrected chi connectivity index (χ3v) is 3.46. The molecule has 1 heterocycles. The highest BCUT2D eigenvalue weighted by molar-refractivity contribution is 5.75. The summed E-state index contributed by atoms with van der Waals surface area (Å²) in [6, 6.07) is 2.13. The summed E-state index contributed by atoms with van der Waals surface area (Å²) in [5, 5.41) is 10.1. The molecule has 1 aromatic rings. The lowest BCUT2D eigenvalue weighted by atomic mass is 10.2. The fourth-order valence-corrected chi connectivity index (χ4v) is 2.00. The average molecular weight is 278 g/mol. The molecule has 110 valence electrons. The van der Waals surface area contributed by atoms with Crippen LogP contribution in [0.15, 0.2) is 17.1 Å². The molecule has 1 saturated carbocycles. The van der Waals surface area contributed by atoms with Crippen molar-refractivity contribution in [2.75, 3.05) is 5.32 Å². The van der Waals surface area contributed by atoms with Gasteiger partial charge in [-0.1, -0.05) is 13.8 Å². The molecule has 1 fully saturated rings. The van der Waals surface area contributed by atoms with Crippen molar-refractivity contribution in [1.82, 2.24) is 15.1 Å². The number of anilines is 1. The lowest BCUT2D eigenvalue weighted by Crippen LogP contribution is -2.38. The van der Waals surface area contributed by atoms with E-state index in [1.54, 1.807) is 6.20 Å². The molecule has 0 aliphatic heterocycles. The molecule has 0 bridgehead atoms. The Labute approximate surface area is 118 Å². The van der Waals surface area contributed by atoms with Gasteiger partial charge in [0.2, 0.25) is 5.91 Å². The van der Waals surface area contributed by atoms with Crippen molar-refractivity contribution in [2.45, 2.75) is 58.2 Å². The van der Waals surface area contributed by atoms with E-state index in [0.717, 1.165) is 31.4 Å². The number of carbonyl (C=O) groups is 1. The molecule has 0 radical (unpaired) electrons. The highest BCUT2D eigenvalue weighted by Gasteiger charge is 2.21. The van der Waals surface area contributed by atoms with Crippen LogP contribution in [0.3, 0.4) is 0 Å². The Bertz CT molecular complexity index is 518. The zero-order valence-corrected chi connectivity index (χ0v) is 12.1. The van der Waals surface area contributed by atoms with E-state index in [9.17, 15) is 9.59 Å². The van der Waals surface area contributed by atoms with Gasteiger partial charge in [0.05, 0.1) is 11.9 Å². The first kappa shape index (κ1) is 14.6. The minimum absolute atomic E-state index is 0.0287. The van der Waals surface area contributed by atoms with E-state index in [1.807, 2.05) is 13.8 Å². The van der Waals surface area contributed by atoms with E-state index >= 15 is 0 Å². The standard InChI is InChI=1S/C14H22N4O2/c1-3-10(4-2)17-13(19)9-18-14(20)7-12(8-15-18)16-11-5-6-11/h7-8,10-11,16H,3-6,9H2,1-2H3,(H,17,19). The zero-order chi connectivity index (χ0) is 14.5. The van der Waals surface area contributed by atoms with Crippen molar-refractivity contribution in [3.05, 3.63) is 22.6 Å². The van der Waals surface area contributed by atoms with Gasteiger partial charge in [0, 0.05) is 18.2 Å². The maximum atomic E-state index is 11.9. The van der Waals surface area contributed by atoms with Crippen molar-refractivity contribution >= 4 is 11.6 Å². The first-order valence-electron chi connectivity index (χ1n) is 7.25.